The Labute approximate surface area is 251 Å². The number of carbonyl (C=O) groups excluding carboxylic acids is 2. The first-order valence-corrected chi connectivity index (χ1v) is 14.2. The Bertz CT molecular complexity index is 1430. The Morgan fingerprint density at radius 1 is 0.950 bits per heavy atom. The summed E-state index contributed by atoms with van der Waals surface area (Å²) >= 11 is 1.52. The molecule has 0 fully saturated rings. The second kappa shape index (κ2) is 15.0. The summed E-state index contributed by atoms with van der Waals surface area (Å²) in [5, 5.41) is 14.2. The van der Waals surface area contributed by atoms with Gasteiger partial charge in [-0.3, -0.25) is 4.79 Å². The van der Waals surface area contributed by atoms with Gasteiger partial charge in [-0.1, -0.05) is 60.2 Å². The SMILES string of the molecule is CSCC[C@H](NC(=O)c1ccc(COCc2ccc(-c3ccc(C)cc3)o2)cc1-c1ccccc1C)C(=O)[O-].[Li+]. The number of hydrogen-bond acceptors (Lipinski definition) is 6. The van der Waals surface area contributed by atoms with Crippen LogP contribution in [0.5, 0.6) is 0 Å². The number of carboxylic acid groups (broad SMARTS) is 1. The van der Waals surface area contributed by atoms with Crippen molar-refractivity contribution in [3.05, 3.63) is 107 Å². The van der Waals surface area contributed by atoms with Gasteiger partial charge < -0.3 is 24.4 Å². The minimum Gasteiger partial charge on any atom is -0.548 e. The maximum atomic E-state index is 13.2. The third-order valence-corrected chi connectivity index (χ3v) is 7.12. The van der Waals surface area contributed by atoms with E-state index in [9.17, 15) is 14.7 Å². The summed E-state index contributed by atoms with van der Waals surface area (Å²) in [5.74, 6) is 0.373. The summed E-state index contributed by atoms with van der Waals surface area (Å²) in [6.07, 6.45) is 2.18. The van der Waals surface area contributed by atoms with E-state index in [-0.39, 0.29) is 18.9 Å². The van der Waals surface area contributed by atoms with Crippen LogP contribution in [0.2, 0.25) is 0 Å². The molecule has 40 heavy (non-hydrogen) atoms. The fraction of sp³-hybridized carbons (Fsp3) is 0.250. The fourth-order valence-electron chi connectivity index (χ4n) is 4.30. The zero-order valence-electron chi connectivity index (χ0n) is 23.4. The normalized spacial score (nSPS) is 11.5. The zero-order valence-corrected chi connectivity index (χ0v) is 24.2. The molecule has 3 aromatic carbocycles. The molecule has 1 amide bonds. The zero-order chi connectivity index (χ0) is 27.8. The van der Waals surface area contributed by atoms with Gasteiger partial charge in [-0.2, -0.15) is 11.8 Å². The van der Waals surface area contributed by atoms with Crippen molar-refractivity contribution in [2.24, 2.45) is 0 Å². The van der Waals surface area contributed by atoms with Crippen LogP contribution in [0.3, 0.4) is 0 Å². The molecule has 202 valence electrons. The van der Waals surface area contributed by atoms with Crippen LogP contribution in [0.4, 0.5) is 0 Å². The van der Waals surface area contributed by atoms with E-state index in [4.69, 9.17) is 9.15 Å². The number of benzene rings is 3. The number of aryl methyl sites for hydroxylation is 2. The summed E-state index contributed by atoms with van der Waals surface area (Å²) < 4.78 is 11.9. The number of carboxylic acids is 1. The maximum absolute atomic E-state index is 13.2. The second-order valence-electron chi connectivity index (χ2n) is 9.45. The van der Waals surface area contributed by atoms with E-state index >= 15 is 0 Å². The van der Waals surface area contributed by atoms with E-state index in [1.54, 1.807) is 6.07 Å². The van der Waals surface area contributed by atoms with Gasteiger partial charge in [0.1, 0.15) is 18.1 Å². The summed E-state index contributed by atoms with van der Waals surface area (Å²) in [6, 6.07) is 24.2. The molecular weight excluding hydrogens is 517 g/mol. The van der Waals surface area contributed by atoms with Gasteiger partial charge in [-0.25, -0.2) is 0 Å². The van der Waals surface area contributed by atoms with Gasteiger partial charge in [0.15, 0.2) is 0 Å². The summed E-state index contributed by atoms with van der Waals surface area (Å²) in [6.45, 7) is 4.64. The van der Waals surface area contributed by atoms with Gasteiger partial charge in [0.2, 0.25) is 0 Å². The van der Waals surface area contributed by atoms with Gasteiger partial charge in [0, 0.05) is 11.1 Å². The molecule has 1 N–H and O–H groups in total. The second-order valence-corrected chi connectivity index (χ2v) is 10.4. The first kappa shape index (κ1) is 31.3. The van der Waals surface area contributed by atoms with E-state index in [0.717, 1.165) is 33.8 Å². The molecule has 1 heterocycles. The molecule has 0 unspecified atom stereocenters. The number of aliphatic carboxylic acids is 1. The van der Waals surface area contributed by atoms with Crippen LogP contribution in [0.25, 0.3) is 22.5 Å². The van der Waals surface area contributed by atoms with Crippen LogP contribution >= 0.6 is 11.8 Å². The summed E-state index contributed by atoms with van der Waals surface area (Å²) in [5.41, 5.74) is 6.10. The molecule has 0 saturated carbocycles. The average molecular weight is 550 g/mol. The van der Waals surface area contributed by atoms with Crippen molar-refractivity contribution < 1.29 is 42.7 Å². The van der Waals surface area contributed by atoms with E-state index in [1.165, 1.54) is 17.3 Å². The van der Waals surface area contributed by atoms with Crippen LogP contribution < -0.4 is 29.3 Å². The average Bonchev–Trinajstić information content (AvgIpc) is 3.40. The molecule has 0 radical (unpaired) electrons. The Morgan fingerprint density at radius 3 is 2.40 bits per heavy atom. The van der Waals surface area contributed by atoms with Crippen molar-refractivity contribution in [1.82, 2.24) is 5.32 Å². The van der Waals surface area contributed by atoms with Gasteiger partial charge in [-0.15, -0.1) is 0 Å². The van der Waals surface area contributed by atoms with Crippen LogP contribution in [0.15, 0.2) is 83.3 Å². The number of thioether (sulfide) groups is 1. The molecule has 0 spiro atoms. The van der Waals surface area contributed by atoms with E-state index in [1.807, 2.05) is 92.9 Å². The molecular formula is C32H32LiNO5S. The van der Waals surface area contributed by atoms with E-state index in [0.29, 0.717) is 36.5 Å². The van der Waals surface area contributed by atoms with Gasteiger partial charge >= 0.3 is 18.9 Å². The Morgan fingerprint density at radius 2 is 1.70 bits per heavy atom. The molecule has 0 aliphatic heterocycles. The molecule has 0 aliphatic carbocycles. The van der Waals surface area contributed by atoms with Crippen LogP contribution in [0, 0.1) is 13.8 Å². The van der Waals surface area contributed by atoms with Gasteiger partial charge in [-0.05, 0) is 78.8 Å². The molecule has 4 aromatic rings. The quantitative estimate of drug-likeness (QED) is 0.273. The minimum absolute atomic E-state index is 0. The topological polar surface area (TPSA) is 91.6 Å². The summed E-state index contributed by atoms with van der Waals surface area (Å²) in [7, 11) is 0. The number of rotatable bonds is 12. The molecule has 0 saturated heterocycles. The smallest absolute Gasteiger partial charge is 0.548 e. The Hall–Kier alpha value is -3.21. The third-order valence-electron chi connectivity index (χ3n) is 6.48. The number of furan rings is 1. The van der Waals surface area contributed by atoms with Crippen LogP contribution in [-0.4, -0.2) is 29.9 Å². The van der Waals surface area contributed by atoms with Crippen molar-refractivity contribution in [2.75, 3.05) is 12.0 Å². The van der Waals surface area contributed by atoms with E-state index in [2.05, 4.69) is 5.32 Å². The van der Waals surface area contributed by atoms with Crippen molar-refractivity contribution in [3.63, 3.8) is 0 Å². The molecule has 0 aliphatic rings. The van der Waals surface area contributed by atoms with E-state index < -0.39 is 17.9 Å². The first-order chi connectivity index (χ1) is 18.9. The van der Waals surface area contributed by atoms with Gasteiger partial charge in [0.05, 0.1) is 18.6 Å². The predicted octanol–water partition coefficient (Wildman–Crippen LogP) is 2.55. The first-order valence-electron chi connectivity index (χ1n) is 12.8. The number of nitrogens with one attached hydrogen (secondary N) is 1. The number of amides is 1. The summed E-state index contributed by atoms with van der Waals surface area (Å²) in [4.78, 5) is 24.8. The number of hydrogen-bond donors (Lipinski definition) is 1. The molecule has 0 bridgehead atoms. The molecule has 4 rings (SSSR count). The largest absolute Gasteiger partial charge is 1.00 e. The molecule has 8 heteroatoms. The van der Waals surface area contributed by atoms with Crippen molar-refractivity contribution in [1.29, 1.82) is 0 Å². The van der Waals surface area contributed by atoms with Gasteiger partial charge in [0.25, 0.3) is 5.91 Å². The molecule has 6 nitrogen and oxygen atoms in total. The fourth-order valence-corrected chi connectivity index (χ4v) is 4.77. The number of ether oxygens (including phenoxy) is 1. The van der Waals surface area contributed by atoms with Crippen LogP contribution in [0.1, 0.15) is 39.2 Å². The van der Waals surface area contributed by atoms with Crippen molar-refractivity contribution in [3.8, 4) is 22.5 Å². The molecule has 1 atom stereocenters. The number of carbonyl (C=O) groups is 2. The Balaban J connectivity index is 0.00000441. The van der Waals surface area contributed by atoms with Crippen molar-refractivity contribution in [2.45, 2.75) is 39.5 Å². The van der Waals surface area contributed by atoms with Crippen molar-refractivity contribution >= 4 is 23.6 Å². The predicted molar refractivity (Wildman–Crippen MR) is 153 cm³/mol. The van der Waals surface area contributed by atoms with Crippen LogP contribution in [-0.2, 0) is 22.7 Å². The Kier molecular flexibility index (Phi) is 11.7. The molecule has 1 aromatic heterocycles. The third kappa shape index (κ3) is 8.15. The maximum Gasteiger partial charge on any atom is 1.00 e. The standard InChI is InChI=1S/C32H33NO5S.Li/c1-21-8-11-24(12-9-21)30-15-13-25(38-30)20-37-19-23-10-14-27(28(18-23)26-7-5-4-6-22(26)2)31(34)33-29(32(35)36)16-17-39-3;/h4-15,18,29H,16-17,19-20H2,1-3H3,(H,33,34)(H,35,36);/q;+1/p-1/t29-;/m0./s1. The monoisotopic (exact) mass is 549 g/mol. The minimum atomic E-state index is -1.29.